The van der Waals surface area contributed by atoms with Gasteiger partial charge in [0.2, 0.25) is 0 Å². The van der Waals surface area contributed by atoms with Crippen LogP contribution in [0.1, 0.15) is 22.3 Å². The summed E-state index contributed by atoms with van der Waals surface area (Å²) < 4.78 is 40.6. The number of Topliss-reactive ketones (excluding diaryl/α,β-unsaturated/α-hetero) is 1. The van der Waals surface area contributed by atoms with Crippen molar-refractivity contribution in [2.45, 2.75) is 25.7 Å². The van der Waals surface area contributed by atoms with Crippen molar-refractivity contribution >= 4 is 40.0 Å². The van der Waals surface area contributed by atoms with Gasteiger partial charge in [0.25, 0.3) is 5.78 Å². The van der Waals surface area contributed by atoms with Crippen LogP contribution in [-0.4, -0.2) is 64.0 Å². The van der Waals surface area contributed by atoms with Crippen molar-refractivity contribution in [1.82, 2.24) is 19.4 Å². The Labute approximate surface area is 199 Å². The number of carbonyl (C=O) groups excluding carboxylic acids is 1. The van der Waals surface area contributed by atoms with Crippen LogP contribution in [0.25, 0.3) is 11.0 Å². The Morgan fingerprint density at radius 3 is 2.45 bits per heavy atom. The fourth-order valence-corrected chi connectivity index (χ4v) is 4.62. The summed E-state index contributed by atoms with van der Waals surface area (Å²) in [6.07, 6.45) is -1.37. The number of hydrogen-bond acceptors (Lipinski definition) is 4. The number of aromatic nitrogens is 2. The van der Waals surface area contributed by atoms with E-state index in [-0.39, 0.29) is 10.9 Å². The second kappa shape index (κ2) is 10.0. The largest absolute Gasteiger partial charge is 0.454 e. The van der Waals surface area contributed by atoms with Gasteiger partial charge in [-0.3, -0.25) is 9.69 Å². The lowest BCUT2D eigenvalue weighted by Crippen LogP contribution is -2.46. The molecule has 4 rings (SSSR count). The summed E-state index contributed by atoms with van der Waals surface area (Å²) in [5, 5.41) is 1.52. The van der Waals surface area contributed by atoms with E-state index in [0.717, 1.165) is 51.3 Å². The van der Waals surface area contributed by atoms with Crippen LogP contribution < -0.4 is 0 Å². The molecule has 0 atom stereocenters. The molecule has 1 fully saturated rings. The van der Waals surface area contributed by atoms with Crippen molar-refractivity contribution in [2.75, 3.05) is 32.7 Å². The van der Waals surface area contributed by atoms with E-state index in [1.54, 1.807) is 10.6 Å². The summed E-state index contributed by atoms with van der Waals surface area (Å²) in [5.74, 6) is -1.84. The molecule has 176 valence electrons. The molecule has 0 bridgehead atoms. The number of benzene rings is 1. The third-order valence-electron chi connectivity index (χ3n) is 5.88. The Bertz CT molecular complexity index is 1140. The second-order valence-electron chi connectivity index (χ2n) is 8.14. The van der Waals surface area contributed by atoms with Crippen LogP contribution in [0, 0.1) is 0 Å². The number of rotatable bonds is 7. The van der Waals surface area contributed by atoms with Crippen molar-refractivity contribution in [3.8, 4) is 0 Å². The lowest BCUT2D eigenvalue weighted by molar-refractivity contribution is -0.0884. The summed E-state index contributed by atoms with van der Waals surface area (Å²) in [6, 6.07) is 8.58. The van der Waals surface area contributed by atoms with Crippen molar-refractivity contribution in [3.63, 3.8) is 0 Å². The van der Waals surface area contributed by atoms with Crippen LogP contribution in [0.5, 0.6) is 0 Å². The van der Waals surface area contributed by atoms with Crippen LogP contribution in [-0.2, 0) is 13.1 Å². The van der Waals surface area contributed by atoms with Crippen LogP contribution in [0.15, 0.2) is 42.7 Å². The number of ketones is 1. The van der Waals surface area contributed by atoms with Gasteiger partial charge in [0, 0.05) is 67.1 Å². The molecule has 0 saturated carbocycles. The Morgan fingerprint density at radius 2 is 1.76 bits per heavy atom. The SMILES string of the molecule is O=C(c1cn(CCCN2CCN(Cc3ccc(Cl)cc3Cl)CC2)c2ncccc12)C(F)(F)F. The second-order valence-corrected chi connectivity index (χ2v) is 8.99. The zero-order valence-corrected chi connectivity index (χ0v) is 19.3. The maximum Gasteiger partial charge on any atom is 0.454 e. The number of nitrogens with zero attached hydrogens (tertiary/aromatic N) is 4. The molecule has 0 spiro atoms. The molecule has 10 heteroatoms. The first-order chi connectivity index (χ1) is 15.7. The molecule has 0 unspecified atom stereocenters. The lowest BCUT2D eigenvalue weighted by Gasteiger charge is -2.34. The van der Waals surface area contributed by atoms with Crippen molar-refractivity contribution in [2.24, 2.45) is 0 Å². The van der Waals surface area contributed by atoms with Gasteiger partial charge in [-0.25, -0.2) is 4.98 Å². The van der Waals surface area contributed by atoms with Gasteiger partial charge in [0.1, 0.15) is 5.65 Å². The minimum absolute atomic E-state index is 0.231. The third-order valence-corrected chi connectivity index (χ3v) is 6.47. The molecule has 3 aromatic rings. The Morgan fingerprint density at radius 1 is 1.03 bits per heavy atom. The zero-order valence-electron chi connectivity index (χ0n) is 17.8. The summed E-state index contributed by atoms with van der Waals surface area (Å²) in [6.45, 7) is 5.65. The van der Waals surface area contributed by atoms with Gasteiger partial charge in [-0.2, -0.15) is 13.2 Å². The molecule has 0 aliphatic carbocycles. The minimum atomic E-state index is -4.91. The number of alkyl halides is 3. The van der Waals surface area contributed by atoms with Crippen LogP contribution in [0.3, 0.4) is 0 Å². The standard InChI is InChI=1S/C23H23Cl2F3N4O/c24-17-5-4-16(20(25)13-17)14-31-11-9-30(10-12-31)7-2-8-32-15-19(21(33)23(26,27)28)18-3-1-6-29-22(18)32/h1,3-6,13,15H,2,7-12,14H2. The maximum atomic E-state index is 13.0. The van der Waals surface area contributed by atoms with E-state index < -0.39 is 12.0 Å². The fraction of sp³-hybridized carbons (Fsp3) is 0.391. The molecule has 0 N–H and O–H groups in total. The summed E-state index contributed by atoms with van der Waals surface area (Å²) in [7, 11) is 0. The summed E-state index contributed by atoms with van der Waals surface area (Å²) >= 11 is 12.2. The summed E-state index contributed by atoms with van der Waals surface area (Å²) in [5.41, 5.74) is 1.10. The van der Waals surface area contributed by atoms with Crippen molar-refractivity contribution in [1.29, 1.82) is 0 Å². The third kappa shape index (κ3) is 5.69. The van der Waals surface area contributed by atoms with Gasteiger partial charge in [-0.15, -0.1) is 0 Å². The number of aryl methyl sites for hydroxylation is 1. The van der Waals surface area contributed by atoms with E-state index >= 15 is 0 Å². The number of hydrogen-bond donors (Lipinski definition) is 0. The average Bonchev–Trinajstić information content (AvgIpc) is 3.14. The normalized spacial score (nSPS) is 15.9. The lowest BCUT2D eigenvalue weighted by atomic mass is 10.1. The predicted molar refractivity (Wildman–Crippen MR) is 123 cm³/mol. The first-order valence-corrected chi connectivity index (χ1v) is 11.4. The van der Waals surface area contributed by atoms with Gasteiger partial charge >= 0.3 is 6.18 Å². The molecule has 1 aromatic carbocycles. The monoisotopic (exact) mass is 498 g/mol. The highest BCUT2D eigenvalue weighted by Gasteiger charge is 2.41. The molecular formula is C23H23Cl2F3N4O. The van der Waals surface area contributed by atoms with Crippen LogP contribution in [0.2, 0.25) is 10.0 Å². The van der Waals surface area contributed by atoms with Crippen molar-refractivity contribution in [3.05, 3.63) is 63.9 Å². The maximum absolute atomic E-state index is 13.0. The smallest absolute Gasteiger partial charge is 0.332 e. The number of pyridine rings is 1. The highest BCUT2D eigenvalue weighted by Crippen LogP contribution is 2.28. The molecule has 1 aliphatic heterocycles. The van der Waals surface area contributed by atoms with Gasteiger partial charge in [-0.05, 0) is 42.8 Å². The highest BCUT2D eigenvalue weighted by atomic mass is 35.5. The average molecular weight is 499 g/mol. The summed E-state index contributed by atoms with van der Waals surface area (Å²) in [4.78, 5) is 20.7. The number of fused-ring (bicyclic) bond motifs is 1. The van der Waals surface area contributed by atoms with Gasteiger partial charge in [-0.1, -0.05) is 29.3 Å². The zero-order chi connectivity index (χ0) is 23.6. The van der Waals surface area contributed by atoms with Crippen LogP contribution >= 0.6 is 23.2 Å². The van der Waals surface area contributed by atoms with E-state index in [1.165, 1.54) is 24.5 Å². The first-order valence-electron chi connectivity index (χ1n) is 10.7. The predicted octanol–water partition coefficient (Wildman–Crippen LogP) is 5.30. The molecule has 5 nitrogen and oxygen atoms in total. The Kier molecular flexibility index (Phi) is 7.28. The van der Waals surface area contributed by atoms with E-state index in [4.69, 9.17) is 23.2 Å². The minimum Gasteiger partial charge on any atom is -0.332 e. The van der Waals surface area contributed by atoms with E-state index in [9.17, 15) is 18.0 Å². The molecule has 1 saturated heterocycles. The Balaban J connectivity index is 1.31. The molecule has 3 heterocycles. The highest BCUT2D eigenvalue weighted by molar-refractivity contribution is 6.35. The fourth-order valence-electron chi connectivity index (χ4n) is 4.15. The van der Waals surface area contributed by atoms with E-state index in [2.05, 4.69) is 14.8 Å². The molecule has 33 heavy (non-hydrogen) atoms. The van der Waals surface area contributed by atoms with Crippen LogP contribution in [0.4, 0.5) is 13.2 Å². The topological polar surface area (TPSA) is 41.4 Å². The number of piperazine rings is 1. The van der Waals surface area contributed by atoms with E-state index in [0.29, 0.717) is 22.2 Å². The molecule has 2 aromatic heterocycles. The van der Waals surface area contributed by atoms with Gasteiger partial charge in [0.15, 0.2) is 0 Å². The quantitative estimate of drug-likeness (QED) is 0.414. The van der Waals surface area contributed by atoms with Gasteiger partial charge in [0.05, 0.1) is 5.56 Å². The number of carbonyl (C=O) groups is 1. The van der Waals surface area contributed by atoms with Gasteiger partial charge < -0.3 is 9.47 Å². The van der Waals surface area contributed by atoms with E-state index in [1.807, 2.05) is 12.1 Å². The molecule has 0 amide bonds. The number of halogens is 5. The molecule has 1 aliphatic rings. The first kappa shape index (κ1) is 24.0. The van der Waals surface area contributed by atoms with Crippen molar-refractivity contribution < 1.29 is 18.0 Å². The Hall–Kier alpha value is -2.13. The molecule has 0 radical (unpaired) electrons. The molecular weight excluding hydrogens is 476 g/mol.